The van der Waals surface area contributed by atoms with Gasteiger partial charge in [-0.2, -0.15) is 13.2 Å². The van der Waals surface area contributed by atoms with Gasteiger partial charge in [0.15, 0.2) is 11.6 Å². The summed E-state index contributed by atoms with van der Waals surface area (Å²) in [4.78, 5) is 21.5. The number of hydrogen-bond donors (Lipinski definition) is 2. The Morgan fingerprint density at radius 1 is 1.27 bits per heavy atom. The fourth-order valence-corrected chi connectivity index (χ4v) is 2.09. The van der Waals surface area contributed by atoms with Crippen LogP contribution in [0.15, 0.2) is 36.4 Å². The summed E-state index contributed by atoms with van der Waals surface area (Å²) < 4.78 is 50.7. The molecule has 1 aromatic carbocycles. The molecule has 0 radical (unpaired) electrons. The summed E-state index contributed by atoms with van der Waals surface area (Å²) >= 11 is 0. The number of carboxylic acids is 2. The summed E-state index contributed by atoms with van der Waals surface area (Å²) in [5.41, 5.74) is 0.159. The lowest BCUT2D eigenvalue weighted by atomic mass is 10.3. The van der Waals surface area contributed by atoms with Crippen molar-refractivity contribution >= 4 is 11.9 Å². The van der Waals surface area contributed by atoms with E-state index in [0.29, 0.717) is 13.1 Å². The Morgan fingerprint density at radius 2 is 1.85 bits per heavy atom. The smallest absolute Gasteiger partial charge is 0.486 e. The van der Waals surface area contributed by atoms with E-state index in [0.717, 1.165) is 13.0 Å². The molecule has 144 valence electrons. The number of halogens is 4. The van der Waals surface area contributed by atoms with Crippen LogP contribution in [0, 0.1) is 5.82 Å². The molecule has 0 saturated carbocycles. The lowest BCUT2D eigenvalue weighted by molar-refractivity contribution is -0.192. The molecule has 2 N–H and O–H groups in total. The van der Waals surface area contributed by atoms with Crippen LogP contribution in [0.4, 0.5) is 17.6 Å². The van der Waals surface area contributed by atoms with Crippen LogP contribution >= 0.6 is 0 Å². The van der Waals surface area contributed by atoms with E-state index in [4.69, 9.17) is 19.7 Å². The van der Waals surface area contributed by atoms with Gasteiger partial charge in [0.25, 0.3) is 0 Å². The van der Waals surface area contributed by atoms with Gasteiger partial charge in [-0.15, -0.1) is 0 Å². The third-order valence-corrected chi connectivity index (χ3v) is 3.32. The van der Waals surface area contributed by atoms with Gasteiger partial charge in [0.1, 0.15) is 6.10 Å². The minimum atomic E-state index is -5.08. The van der Waals surface area contributed by atoms with E-state index in [9.17, 15) is 22.4 Å². The van der Waals surface area contributed by atoms with Crippen LogP contribution in [0.3, 0.4) is 0 Å². The Bertz CT molecular complexity index is 662. The molecule has 1 heterocycles. The molecular formula is C16H17F4NO5. The SMILES string of the molecule is C=C(CN1CCC(Oc2ccccc2F)C1)C(=O)O.O=C(O)C(F)(F)F. The summed E-state index contributed by atoms with van der Waals surface area (Å²) in [6.07, 6.45) is -4.44. The molecule has 10 heteroatoms. The van der Waals surface area contributed by atoms with Crippen LogP contribution in [0.5, 0.6) is 5.75 Å². The Labute approximate surface area is 146 Å². The van der Waals surface area contributed by atoms with Crippen molar-refractivity contribution < 1.29 is 42.1 Å². The Hall–Kier alpha value is -2.62. The third-order valence-electron chi connectivity index (χ3n) is 3.32. The first-order valence-corrected chi connectivity index (χ1v) is 7.35. The first-order chi connectivity index (χ1) is 12.0. The maximum absolute atomic E-state index is 13.4. The molecule has 6 nitrogen and oxygen atoms in total. The number of ether oxygens (including phenoxy) is 1. The van der Waals surface area contributed by atoms with Crippen LogP contribution in [0.1, 0.15) is 6.42 Å². The van der Waals surface area contributed by atoms with Gasteiger partial charge >= 0.3 is 18.1 Å². The minimum absolute atomic E-state index is 0.113. The number of nitrogens with zero attached hydrogens (tertiary/aromatic N) is 1. The summed E-state index contributed by atoms with van der Waals surface area (Å²) in [6, 6.07) is 6.28. The number of benzene rings is 1. The Kier molecular flexibility index (Phi) is 7.56. The predicted octanol–water partition coefficient (Wildman–Crippen LogP) is 2.55. The van der Waals surface area contributed by atoms with Crippen LogP contribution in [0.25, 0.3) is 0 Å². The lowest BCUT2D eigenvalue weighted by Crippen LogP contribution is -2.28. The number of carboxylic acid groups (broad SMARTS) is 2. The van der Waals surface area contributed by atoms with Gasteiger partial charge in [-0.05, 0) is 18.6 Å². The van der Waals surface area contributed by atoms with Crippen molar-refractivity contribution in [2.24, 2.45) is 0 Å². The fraction of sp³-hybridized carbons (Fsp3) is 0.375. The van der Waals surface area contributed by atoms with Crippen LogP contribution < -0.4 is 4.74 Å². The van der Waals surface area contributed by atoms with Crippen molar-refractivity contribution in [3.05, 3.63) is 42.2 Å². The molecular weight excluding hydrogens is 362 g/mol. The van der Waals surface area contributed by atoms with Crippen LogP contribution in [0.2, 0.25) is 0 Å². The normalized spacial score (nSPS) is 17.2. The zero-order valence-electron chi connectivity index (χ0n) is 13.5. The lowest BCUT2D eigenvalue weighted by Gasteiger charge is -2.17. The molecule has 1 unspecified atom stereocenters. The molecule has 1 atom stereocenters. The van der Waals surface area contributed by atoms with Gasteiger partial charge in [0.2, 0.25) is 0 Å². The molecule has 1 aliphatic rings. The molecule has 0 bridgehead atoms. The van der Waals surface area contributed by atoms with Gasteiger partial charge in [0.05, 0.1) is 0 Å². The Morgan fingerprint density at radius 3 is 2.35 bits per heavy atom. The maximum atomic E-state index is 13.4. The summed E-state index contributed by atoms with van der Waals surface area (Å²) in [5.74, 6) is -3.88. The molecule has 0 amide bonds. The molecule has 1 saturated heterocycles. The van der Waals surface area contributed by atoms with Crippen molar-refractivity contribution in [3.8, 4) is 5.75 Å². The van der Waals surface area contributed by atoms with Crippen molar-refractivity contribution in [3.63, 3.8) is 0 Å². The molecule has 0 aromatic heterocycles. The van der Waals surface area contributed by atoms with Crippen molar-refractivity contribution in [2.45, 2.75) is 18.7 Å². The van der Waals surface area contributed by atoms with Crippen molar-refractivity contribution in [2.75, 3.05) is 19.6 Å². The number of likely N-dealkylation sites (tertiary alicyclic amines) is 1. The van der Waals surface area contributed by atoms with Crippen molar-refractivity contribution in [1.29, 1.82) is 0 Å². The number of rotatable bonds is 5. The van der Waals surface area contributed by atoms with E-state index in [1.165, 1.54) is 6.07 Å². The van der Waals surface area contributed by atoms with Gasteiger partial charge in [0, 0.05) is 25.2 Å². The second-order valence-corrected chi connectivity index (χ2v) is 5.41. The quantitative estimate of drug-likeness (QED) is 0.604. The number of para-hydroxylation sites is 1. The first-order valence-electron chi connectivity index (χ1n) is 7.35. The summed E-state index contributed by atoms with van der Waals surface area (Å²) in [6.45, 7) is 5.12. The second kappa shape index (κ2) is 9.18. The van der Waals surface area contributed by atoms with E-state index in [1.54, 1.807) is 18.2 Å². The number of hydrogen-bond acceptors (Lipinski definition) is 4. The molecule has 0 aliphatic carbocycles. The predicted molar refractivity (Wildman–Crippen MR) is 82.3 cm³/mol. The first kappa shape index (κ1) is 21.4. The molecule has 1 aliphatic heterocycles. The largest absolute Gasteiger partial charge is 0.490 e. The second-order valence-electron chi connectivity index (χ2n) is 5.41. The third kappa shape index (κ3) is 7.09. The molecule has 1 fully saturated rings. The van der Waals surface area contributed by atoms with E-state index < -0.39 is 18.1 Å². The van der Waals surface area contributed by atoms with E-state index in [-0.39, 0.29) is 23.2 Å². The standard InChI is InChI=1S/C14H16FNO3.C2HF3O2/c1-10(14(17)18)8-16-7-6-11(9-16)19-13-5-3-2-4-12(13)15;3-2(4,5)1(6)7/h2-5,11H,1,6-9H2,(H,17,18);(H,6,7). The molecule has 0 spiro atoms. The van der Waals surface area contributed by atoms with Gasteiger partial charge in [-0.1, -0.05) is 18.7 Å². The molecule has 1 aromatic rings. The van der Waals surface area contributed by atoms with Crippen LogP contribution in [-0.2, 0) is 9.59 Å². The van der Waals surface area contributed by atoms with Crippen molar-refractivity contribution in [1.82, 2.24) is 4.90 Å². The van der Waals surface area contributed by atoms with E-state index in [1.807, 2.05) is 4.90 Å². The zero-order chi connectivity index (χ0) is 19.9. The topological polar surface area (TPSA) is 87.1 Å². The van der Waals surface area contributed by atoms with Gasteiger partial charge in [-0.25, -0.2) is 14.0 Å². The molecule has 26 heavy (non-hydrogen) atoms. The number of carbonyl (C=O) groups is 2. The average molecular weight is 379 g/mol. The highest BCUT2D eigenvalue weighted by atomic mass is 19.4. The summed E-state index contributed by atoms with van der Waals surface area (Å²) in [5, 5.41) is 15.9. The highest BCUT2D eigenvalue weighted by Crippen LogP contribution is 2.21. The van der Waals surface area contributed by atoms with E-state index in [2.05, 4.69) is 6.58 Å². The average Bonchev–Trinajstić information content (AvgIpc) is 2.96. The zero-order valence-corrected chi connectivity index (χ0v) is 13.5. The van der Waals surface area contributed by atoms with Crippen LogP contribution in [-0.4, -0.2) is 59.0 Å². The highest BCUT2D eigenvalue weighted by Gasteiger charge is 2.38. The maximum Gasteiger partial charge on any atom is 0.490 e. The minimum Gasteiger partial charge on any atom is -0.486 e. The number of alkyl halides is 3. The summed E-state index contributed by atoms with van der Waals surface area (Å²) in [7, 11) is 0. The van der Waals surface area contributed by atoms with E-state index >= 15 is 0 Å². The monoisotopic (exact) mass is 379 g/mol. The highest BCUT2D eigenvalue weighted by molar-refractivity contribution is 5.86. The molecule has 2 rings (SSSR count). The number of aliphatic carboxylic acids is 2. The van der Waals surface area contributed by atoms with Gasteiger partial charge in [-0.3, -0.25) is 4.90 Å². The Balaban J connectivity index is 0.000000412. The fourth-order valence-electron chi connectivity index (χ4n) is 2.09. The van der Waals surface area contributed by atoms with Gasteiger partial charge < -0.3 is 14.9 Å².